The Hall–Kier alpha value is -1.29. The van der Waals surface area contributed by atoms with E-state index < -0.39 is 5.97 Å². The van der Waals surface area contributed by atoms with Crippen molar-refractivity contribution >= 4 is 5.97 Å². The normalized spacial score (nSPS) is 11.7. The molecule has 1 heterocycles. The van der Waals surface area contributed by atoms with Crippen LogP contribution in [0.15, 0.2) is 16.7 Å². The molecule has 0 aliphatic rings. The summed E-state index contributed by atoms with van der Waals surface area (Å²) in [5.74, 6) is -0.366. The van der Waals surface area contributed by atoms with Crippen molar-refractivity contribution in [2.45, 2.75) is 53.1 Å². The lowest BCUT2D eigenvalue weighted by molar-refractivity contribution is 0.0657. The fourth-order valence-corrected chi connectivity index (χ4v) is 2.48. The van der Waals surface area contributed by atoms with Crippen LogP contribution < -0.4 is 0 Å². The molecule has 1 rings (SSSR count). The monoisotopic (exact) mass is 267 g/mol. The Labute approximate surface area is 115 Å². The van der Waals surface area contributed by atoms with E-state index in [2.05, 4.69) is 32.6 Å². The standard InChI is InChI=1S/C15H25NO3/c1-5-13(6-2)16(9-11(3)4)10-12-7-8-19-14(12)15(17)18/h7-8,11,13H,5-6,9-10H2,1-4H3,(H,17,18). The lowest BCUT2D eigenvalue weighted by atomic mass is 10.1. The first-order valence-corrected chi connectivity index (χ1v) is 7.03. The van der Waals surface area contributed by atoms with Crippen molar-refractivity contribution in [1.82, 2.24) is 4.90 Å². The van der Waals surface area contributed by atoms with E-state index in [9.17, 15) is 4.79 Å². The molecule has 0 unspecified atom stereocenters. The minimum Gasteiger partial charge on any atom is -0.475 e. The van der Waals surface area contributed by atoms with Gasteiger partial charge in [0.15, 0.2) is 0 Å². The average molecular weight is 267 g/mol. The fraction of sp³-hybridized carbons (Fsp3) is 0.667. The van der Waals surface area contributed by atoms with Crippen molar-refractivity contribution in [2.24, 2.45) is 5.92 Å². The summed E-state index contributed by atoms with van der Waals surface area (Å²) in [6.45, 7) is 10.3. The molecule has 0 spiro atoms. The molecule has 108 valence electrons. The number of carbonyl (C=O) groups is 1. The minimum absolute atomic E-state index is 0.0692. The first-order chi connectivity index (χ1) is 8.99. The maximum absolute atomic E-state index is 11.1. The quantitative estimate of drug-likeness (QED) is 0.781. The van der Waals surface area contributed by atoms with Crippen LogP contribution in [0.2, 0.25) is 0 Å². The van der Waals surface area contributed by atoms with Gasteiger partial charge in [-0.25, -0.2) is 4.79 Å². The summed E-state index contributed by atoms with van der Waals surface area (Å²) < 4.78 is 5.05. The number of furan rings is 1. The summed E-state index contributed by atoms with van der Waals surface area (Å²) in [6.07, 6.45) is 3.60. The predicted octanol–water partition coefficient (Wildman–Crippen LogP) is 3.62. The Morgan fingerprint density at radius 1 is 1.37 bits per heavy atom. The number of nitrogens with zero attached hydrogens (tertiary/aromatic N) is 1. The molecule has 0 radical (unpaired) electrons. The highest BCUT2D eigenvalue weighted by atomic mass is 16.4. The molecule has 0 amide bonds. The molecule has 1 N–H and O–H groups in total. The number of carboxylic acid groups (broad SMARTS) is 1. The first-order valence-electron chi connectivity index (χ1n) is 7.03. The molecule has 0 aliphatic heterocycles. The molecular weight excluding hydrogens is 242 g/mol. The van der Waals surface area contributed by atoms with E-state index >= 15 is 0 Å². The fourth-order valence-electron chi connectivity index (χ4n) is 2.48. The van der Waals surface area contributed by atoms with E-state index in [1.165, 1.54) is 6.26 Å². The second-order valence-corrected chi connectivity index (χ2v) is 5.37. The summed E-state index contributed by atoms with van der Waals surface area (Å²) in [7, 11) is 0. The molecule has 0 atom stereocenters. The van der Waals surface area contributed by atoms with Crippen molar-refractivity contribution in [3.63, 3.8) is 0 Å². The van der Waals surface area contributed by atoms with Gasteiger partial charge < -0.3 is 9.52 Å². The van der Waals surface area contributed by atoms with E-state index in [0.29, 0.717) is 18.5 Å². The van der Waals surface area contributed by atoms with Gasteiger partial charge in [0.25, 0.3) is 0 Å². The Morgan fingerprint density at radius 2 is 2.00 bits per heavy atom. The maximum atomic E-state index is 11.1. The van der Waals surface area contributed by atoms with Crippen LogP contribution in [-0.2, 0) is 6.54 Å². The van der Waals surface area contributed by atoms with Crippen LogP contribution in [0.1, 0.15) is 56.7 Å². The lowest BCUT2D eigenvalue weighted by Gasteiger charge is -2.31. The number of rotatable bonds is 8. The molecular formula is C15H25NO3. The number of aromatic carboxylic acids is 1. The Morgan fingerprint density at radius 3 is 2.47 bits per heavy atom. The zero-order chi connectivity index (χ0) is 14.4. The van der Waals surface area contributed by atoms with Gasteiger partial charge in [-0.3, -0.25) is 4.90 Å². The topological polar surface area (TPSA) is 53.7 Å². The van der Waals surface area contributed by atoms with Gasteiger partial charge in [0.05, 0.1) is 6.26 Å². The molecule has 0 fully saturated rings. The van der Waals surface area contributed by atoms with Crippen molar-refractivity contribution in [2.75, 3.05) is 6.54 Å². The molecule has 0 bridgehead atoms. The van der Waals surface area contributed by atoms with Gasteiger partial charge >= 0.3 is 5.97 Å². The van der Waals surface area contributed by atoms with Crippen LogP contribution in [0.3, 0.4) is 0 Å². The van der Waals surface area contributed by atoms with Crippen molar-refractivity contribution < 1.29 is 14.3 Å². The van der Waals surface area contributed by atoms with Crippen LogP contribution in [0.4, 0.5) is 0 Å². The summed E-state index contributed by atoms with van der Waals surface area (Å²) in [6, 6.07) is 2.25. The van der Waals surface area contributed by atoms with Gasteiger partial charge in [-0.05, 0) is 24.8 Å². The second kappa shape index (κ2) is 7.34. The molecule has 0 aromatic carbocycles. The average Bonchev–Trinajstić information content (AvgIpc) is 2.78. The van der Waals surface area contributed by atoms with Gasteiger partial charge in [0.1, 0.15) is 0 Å². The third-order valence-electron chi connectivity index (χ3n) is 3.37. The van der Waals surface area contributed by atoms with Crippen LogP contribution in [0, 0.1) is 5.92 Å². The van der Waals surface area contributed by atoms with Gasteiger partial charge in [-0.15, -0.1) is 0 Å². The van der Waals surface area contributed by atoms with Crippen molar-refractivity contribution in [3.05, 3.63) is 23.7 Å². The van der Waals surface area contributed by atoms with Gasteiger partial charge in [-0.2, -0.15) is 0 Å². The van der Waals surface area contributed by atoms with Crippen LogP contribution in [0.5, 0.6) is 0 Å². The molecule has 1 aromatic heterocycles. The van der Waals surface area contributed by atoms with Gasteiger partial charge in [-0.1, -0.05) is 27.7 Å². The highest BCUT2D eigenvalue weighted by molar-refractivity contribution is 5.86. The highest BCUT2D eigenvalue weighted by Crippen LogP contribution is 2.19. The molecule has 19 heavy (non-hydrogen) atoms. The van der Waals surface area contributed by atoms with Crippen molar-refractivity contribution in [3.8, 4) is 0 Å². The predicted molar refractivity (Wildman–Crippen MR) is 75.3 cm³/mol. The maximum Gasteiger partial charge on any atom is 0.372 e. The number of carboxylic acids is 1. The van der Waals surface area contributed by atoms with Gasteiger partial charge in [0, 0.05) is 24.7 Å². The van der Waals surface area contributed by atoms with E-state index in [0.717, 1.165) is 24.9 Å². The zero-order valence-electron chi connectivity index (χ0n) is 12.3. The third-order valence-corrected chi connectivity index (χ3v) is 3.37. The molecule has 4 nitrogen and oxygen atoms in total. The molecule has 0 saturated heterocycles. The van der Waals surface area contributed by atoms with Crippen LogP contribution >= 0.6 is 0 Å². The summed E-state index contributed by atoms with van der Waals surface area (Å²) in [5.41, 5.74) is 0.764. The largest absolute Gasteiger partial charge is 0.475 e. The van der Waals surface area contributed by atoms with Crippen LogP contribution in [0.25, 0.3) is 0 Å². The van der Waals surface area contributed by atoms with Crippen molar-refractivity contribution in [1.29, 1.82) is 0 Å². The van der Waals surface area contributed by atoms with Gasteiger partial charge in [0.2, 0.25) is 5.76 Å². The Kier molecular flexibility index (Phi) is 6.09. The first kappa shape index (κ1) is 15.8. The van der Waals surface area contributed by atoms with Crippen LogP contribution in [-0.4, -0.2) is 28.6 Å². The van der Waals surface area contributed by atoms with E-state index in [1.54, 1.807) is 6.07 Å². The molecule has 0 aliphatic carbocycles. The molecule has 0 saturated carbocycles. The lowest BCUT2D eigenvalue weighted by Crippen LogP contribution is -2.37. The van der Waals surface area contributed by atoms with E-state index in [4.69, 9.17) is 9.52 Å². The second-order valence-electron chi connectivity index (χ2n) is 5.37. The minimum atomic E-state index is -0.992. The van der Waals surface area contributed by atoms with E-state index in [1.807, 2.05) is 0 Å². The smallest absolute Gasteiger partial charge is 0.372 e. The molecule has 4 heteroatoms. The third kappa shape index (κ3) is 4.39. The Balaban J connectivity index is 2.87. The highest BCUT2D eigenvalue weighted by Gasteiger charge is 2.21. The Bertz CT molecular complexity index is 394. The summed E-state index contributed by atoms with van der Waals surface area (Å²) in [4.78, 5) is 13.4. The summed E-state index contributed by atoms with van der Waals surface area (Å²) >= 11 is 0. The SMILES string of the molecule is CCC(CC)N(Cc1ccoc1C(=O)O)CC(C)C. The van der Waals surface area contributed by atoms with E-state index in [-0.39, 0.29) is 5.76 Å². The zero-order valence-corrected chi connectivity index (χ0v) is 12.3. The summed E-state index contributed by atoms with van der Waals surface area (Å²) in [5, 5.41) is 9.09. The molecule has 1 aromatic rings. The number of hydrogen-bond acceptors (Lipinski definition) is 3. The number of hydrogen-bond donors (Lipinski definition) is 1.